The molecule has 0 aromatic carbocycles. The van der Waals surface area contributed by atoms with E-state index in [-0.39, 0.29) is 13.2 Å². The molecule has 0 saturated carbocycles. The molecule has 0 aromatic rings. The van der Waals surface area contributed by atoms with Crippen molar-refractivity contribution in [3.63, 3.8) is 0 Å². The van der Waals surface area contributed by atoms with Gasteiger partial charge in [0.15, 0.2) is 8.32 Å². The molecule has 0 aliphatic carbocycles. The fourth-order valence-electron chi connectivity index (χ4n) is 1.97. The molecule has 2 atom stereocenters. The molecule has 0 fully saturated rings. The lowest BCUT2D eigenvalue weighted by atomic mass is 10.3. The van der Waals surface area contributed by atoms with E-state index in [2.05, 4.69) is 20.4 Å². The summed E-state index contributed by atoms with van der Waals surface area (Å²) in [6, 6.07) is 2.25. The van der Waals surface area contributed by atoms with Gasteiger partial charge in [0.1, 0.15) is 6.10 Å². The Morgan fingerprint density at radius 2 is 1.94 bits per heavy atom. The monoisotopic (exact) mass is 264 g/mol. The van der Waals surface area contributed by atoms with Gasteiger partial charge in [0.2, 0.25) is 0 Å². The Labute approximate surface area is 106 Å². The Balaban J connectivity index is 3.69. The van der Waals surface area contributed by atoms with Crippen molar-refractivity contribution in [3.8, 4) is 0 Å². The Morgan fingerprint density at radius 3 is 2.41 bits per heavy atom. The molecule has 0 saturated heterocycles. The number of hydrogen-bond donors (Lipinski definition) is 2. The first-order chi connectivity index (χ1) is 7.93. The van der Waals surface area contributed by atoms with E-state index in [0.717, 1.165) is 12.5 Å². The van der Waals surface area contributed by atoms with E-state index in [4.69, 9.17) is 19.4 Å². The maximum Gasteiger partial charge on any atom is 0.189 e. The minimum Gasteiger partial charge on any atom is -0.420 e. The summed E-state index contributed by atoms with van der Waals surface area (Å²) in [6.07, 6.45) is 0.207. The summed E-state index contributed by atoms with van der Waals surface area (Å²) in [6.45, 7) is 7.30. The van der Waals surface area contributed by atoms with Crippen molar-refractivity contribution in [2.75, 3.05) is 26.9 Å². The third kappa shape index (κ3) is 8.74. The highest BCUT2D eigenvalue weighted by molar-refractivity contribution is 6.72. The highest BCUT2D eigenvalue weighted by atomic mass is 28.4. The molecule has 4 nitrogen and oxygen atoms in total. The van der Waals surface area contributed by atoms with Crippen LogP contribution in [0.4, 0.5) is 0 Å². The fourth-order valence-corrected chi connectivity index (χ4v) is 5.17. The van der Waals surface area contributed by atoms with Gasteiger partial charge in [-0.2, -0.15) is 0 Å². The van der Waals surface area contributed by atoms with E-state index in [0.29, 0.717) is 12.5 Å². The van der Waals surface area contributed by atoms with Crippen molar-refractivity contribution in [1.82, 2.24) is 0 Å². The normalized spacial score (nSPS) is 17.1. The molecule has 5 heteroatoms. The zero-order valence-corrected chi connectivity index (χ0v) is 12.6. The number of hydrogen-bond acceptors (Lipinski definition) is 4. The van der Waals surface area contributed by atoms with E-state index < -0.39 is 14.4 Å². The minimum atomic E-state index is -1.56. The molecular weight excluding hydrogens is 236 g/mol. The fraction of sp³-hybridized carbons (Fsp3) is 1.00. The molecule has 0 spiro atoms. The van der Waals surface area contributed by atoms with E-state index >= 15 is 0 Å². The van der Waals surface area contributed by atoms with E-state index in [1.807, 2.05) is 7.11 Å². The van der Waals surface area contributed by atoms with Crippen LogP contribution < -0.4 is 0 Å². The molecule has 2 N–H and O–H groups in total. The molecule has 17 heavy (non-hydrogen) atoms. The molecular formula is C12H28O4Si. The van der Waals surface area contributed by atoms with Crippen LogP contribution in [0, 0.1) is 5.92 Å². The smallest absolute Gasteiger partial charge is 0.189 e. The van der Waals surface area contributed by atoms with Crippen molar-refractivity contribution in [3.05, 3.63) is 0 Å². The van der Waals surface area contributed by atoms with Gasteiger partial charge in [0, 0.05) is 13.7 Å². The number of rotatable bonds is 10. The predicted molar refractivity (Wildman–Crippen MR) is 71.6 cm³/mol. The summed E-state index contributed by atoms with van der Waals surface area (Å²) in [5.41, 5.74) is 0. The van der Waals surface area contributed by atoms with E-state index in [1.54, 1.807) is 0 Å². The summed E-state index contributed by atoms with van der Waals surface area (Å²) in [7, 11) is 0.247. The van der Waals surface area contributed by atoms with Crippen LogP contribution in [0.25, 0.3) is 0 Å². The average Bonchev–Trinajstić information content (AvgIpc) is 2.27. The highest BCUT2D eigenvalue weighted by Gasteiger charge is 2.28. The Morgan fingerprint density at radius 1 is 1.29 bits per heavy atom. The summed E-state index contributed by atoms with van der Waals surface area (Å²) in [5.74, 6) is 0.670. The van der Waals surface area contributed by atoms with Crippen molar-refractivity contribution < 1.29 is 19.4 Å². The van der Waals surface area contributed by atoms with E-state index in [9.17, 15) is 0 Å². The van der Waals surface area contributed by atoms with Crippen molar-refractivity contribution >= 4 is 8.32 Å². The Hall–Kier alpha value is 0.0569. The van der Waals surface area contributed by atoms with Gasteiger partial charge in [0.05, 0.1) is 13.2 Å². The van der Waals surface area contributed by atoms with Gasteiger partial charge >= 0.3 is 0 Å². The number of aliphatic hydroxyl groups is 2. The molecule has 0 rings (SSSR count). The second kappa shape index (κ2) is 9.05. The van der Waals surface area contributed by atoms with Crippen LogP contribution in [0.1, 0.15) is 20.3 Å². The van der Waals surface area contributed by atoms with Crippen molar-refractivity contribution in [1.29, 1.82) is 0 Å². The van der Waals surface area contributed by atoms with Crippen molar-refractivity contribution in [2.45, 2.75) is 45.0 Å². The molecule has 0 aliphatic heterocycles. The maximum absolute atomic E-state index is 9.09. The first-order valence-corrected chi connectivity index (χ1v) is 9.17. The van der Waals surface area contributed by atoms with Crippen LogP contribution in [-0.4, -0.2) is 51.6 Å². The SMILES string of the molecule is CO[Si](C)(CCCOCC(O)CO)CC(C)C. The maximum atomic E-state index is 9.09. The van der Waals surface area contributed by atoms with Gasteiger partial charge in [-0.15, -0.1) is 0 Å². The van der Waals surface area contributed by atoms with Gasteiger partial charge in [-0.25, -0.2) is 0 Å². The molecule has 0 radical (unpaired) electrons. The zero-order chi connectivity index (χ0) is 13.3. The molecule has 0 aromatic heterocycles. The standard InChI is InChI=1S/C12H28O4Si/c1-11(2)10-17(4,15-3)7-5-6-16-9-12(14)8-13/h11-14H,5-10H2,1-4H3. The quantitative estimate of drug-likeness (QED) is 0.465. The van der Waals surface area contributed by atoms with Gasteiger partial charge in [-0.3, -0.25) is 0 Å². The summed E-state index contributed by atoms with van der Waals surface area (Å²) in [4.78, 5) is 0. The van der Waals surface area contributed by atoms with Gasteiger partial charge < -0.3 is 19.4 Å². The van der Waals surface area contributed by atoms with E-state index in [1.165, 1.54) is 6.04 Å². The Bertz CT molecular complexity index is 189. The number of aliphatic hydroxyl groups excluding tert-OH is 2. The third-order valence-corrected chi connectivity index (χ3v) is 6.93. The highest BCUT2D eigenvalue weighted by Crippen LogP contribution is 2.23. The van der Waals surface area contributed by atoms with Crippen LogP contribution in [0.15, 0.2) is 0 Å². The van der Waals surface area contributed by atoms with Crippen LogP contribution in [-0.2, 0) is 9.16 Å². The lowest BCUT2D eigenvalue weighted by molar-refractivity contribution is 0.00634. The summed E-state index contributed by atoms with van der Waals surface area (Å²) in [5, 5.41) is 17.7. The van der Waals surface area contributed by atoms with Gasteiger partial charge in [0.25, 0.3) is 0 Å². The minimum absolute atomic E-state index is 0.214. The summed E-state index contributed by atoms with van der Waals surface area (Å²) >= 11 is 0. The van der Waals surface area contributed by atoms with Gasteiger partial charge in [-0.05, 0) is 31.0 Å². The molecule has 0 heterocycles. The van der Waals surface area contributed by atoms with Crippen molar-refractivity contribution in [2.24, 2.45) is 5.92 Å². The lowest BCUT2D eigenvalue weighted by Crippen LogP contribution is -2.34. The average molecular weight is 264 g/mol. The topological polar surface area (TPSA) is 58.9 Å². The molecule has 2 unspecified atom stereocenters. The predicted octanol–water partition coefficient (Wildman–Crippen LogP) is 1.62. The largest absolute Gasteiger partial charge is 0.420 e. The van der Waals surface area contributed by atoms with Crippen LogP contribution in [0.3, 0.4) is 0 Å². The lowest BCUT2D eigenvalue weighted by Gasteiger charge is -2.27. The van der Waals surface area contributed by atoms with Crippen LogP contribution in [0.2, 0.25) is 18.6 Å². The number of ether oxygens (including phenoxy) is 1. The second-order valence-corrected chi connectivity index (χ2v) is 9.48. The first-order valence-electron chi connectivity index (χ1n) is 6.35. The molecule has 0 bridgehead atoms. The first kappa shape index (κ1) is 17.1. The third-order valence-electron chi connectivity index (χ3n) is 2.85. The van der Waals surface area contributed by atoms with Crippen LogP contribution in [0.5, 0.6) is 0 Å². The summed E-state index contributed by atoms with van der Waals surface area (Å²) < 4.78 is 11.0. The molecule has 0 aliphatic rings. The molecule has 0 amide bonds. The molecule has 104 valence electrons. The second-order valence-electron chi connectivity index (χ2n) is 5.27. The Kier molecular flexibility index (Phi) is 9.08. The van der Waals surface area contributed by atoms with Gasteiger partial charge in [-0.1, -0.05) is 13.8 Å². The van der Waals surface area contributed by atoms with Crippen LogP contribution >= 0.6 is 0 Å². The zero-order valence-electron chi connectivity index (χ0n) is 11.6.